The zero-order valence-electron chi connectivity index (χ0n) is 15.2. The van der Waals surface area contributed by atoms with Crippen LogP contribution < -0.4 is 4.74 Å². The number of ether oxygens (including phenoxy) is 3. The van der Waals surface area contributed by atoms with Crippen molar-refractivity contribution in [1.29, 1.82) is 0 Å². The molecule has 0 unspecified atom stereocenters. The van der Waals surface area contributed by atoms with Crippen molar-refractivity contribution < 1.29 is 23.8 Å². The average molecular weight is 349 g/mol. The van der Waals surface area contributed by atoms with Crippen LogP contribution in [-0.2, 0) is 19.1 Å². The number of methoxy groups -OCH3 is 2. The van der Waals surface area contributed by atoms with Gasteiger partial charge < -0.3 is 19.1 Å². The molecular formula is C19H27NO5. The summed E-state index contributed by atoms with van der Waals surface area (Å²) in [5, 5.41) is 0. The number of hydrogen-bond acceptors (Lipinski definition) is 5. The average Bonchev–Trinajstić information content (AvgIpc) is 2.63. The van der Waals surface area contributed by atoms with E-state index in [2.05, 4.69) is 4.74 Å². The summed E-state index contributed by atoms with van der Waals surface area (Å²) >= 11 is 0. The van der Waals surface area contributed by atoms with Crippen LogP contribution in [0.3, 0.4) is 0 Å². The lowest BCUT2D eigenvalue weighted by Gasteiger charge is -2.20. The first-order chi connectivity index (χ1) is 12.1. The molecule has 0 saturated carbocycles. The molecular weight excluding hydrogens is 322 g/mol. The van der Waals surface area contributed by atoms with E-state index in [0.29, 0.717) is 32.7 Å². The van der Waals surface area contributed by atoms with Crippen LogP contribution in [0.4, 0.5) is 0 Å². The molecule has 1 aromatic carbocycles. The van der Waals surface area contributed by atoms with E-state index in [-0.39, 0.29) is 18.3 Å². The molecule has 0 radical (unpaired) electrons. The number of nitrogens with zero attached hydrogens (tertiary/aromatic N) is 1. The standard InChI is InChI=1S/C19H27NO5/c1-4-25-17-9-6-16(7-10-17)8-11-18(21)20(13-5-15-23-2)14-12-19(22)24-3/h6-11H,4-5,12-15H2,1-3H3/b11-8+. The lowest BCUT2D eigenvalue weighted by atomic mass is 10.2. The van der Waals surface area contributed by atoms with Gasteiger partial charge in [-0.1, -0.05) is 12.1 Å². The van der Waals surface area contributed by atoms with Crippen LogP contribution in [0.1, 0.15) is 25.3 Å². The summed E-state index contributed by atoms with van der Waals surface area (Å²) in [4.78, 5) is 25.3. The van der Waals surface area contributed by atoms with Crippen molar-refractivity contribution in [2.45, 2.75) is 19.8 Å². The second-order valence-electron chi connectivity index (χ2n) is 5.33. The number of carbonyl (C=O) groups excluding carboxylic acids is 2. The van der Waals surface area contributed by atoms with Crippen molar-refractivity contribution in [2.75, 3.05) is 40.5 Å². The number of rotatable bonds is 11. The first-order valence-corrected chi connectivity index (χ1v) is 8.36. The zero-order chi connectivity index (χ0) is 18.5. The summed E-state index contributed by atoms with van der Waals surface area (Å²) in [7, 11) is 2.96. The molecule has 0 N–H and O–H groups in total. The van der Waals surface area contributed by atoms with Crippen LogP contribution in [0.2, 0.25) is 0 Å². The lowest BCUT2D eigenvalue weighted by molar-refractivity contribution is -0.141. The Labute approximate surface area is 149 Å². The van der Waals surface area contributed by atoms with Gasteiger partial charge in [-0.2, -0.15) is 0 Å². The highest BCUT2D eigenvalue weighted by Crippen LogP contribution is 2.13. The van der Waals surface area contributed by atoms with Crippen molar-refractivity contribution in [3.63, 3.8) is 0 Å². The largest absolute Gasteiger partial charge is 0.494 e. The van der Waals surface area contributed by atoms with Gasteiger partial charge in [-0.25, -0.2) is 0 Å². The van der Waals surface area contributed by atoms with Gasteiger partial charge in [0.15, 0.2) is 0 Å². The molecule has 0 spiro atoms. The molecule has 0 heterocycles. The molecule has 0 saturated heterocycles. The fourth-order valence-electron chi connectivity index (χ4n) is 2.17. The fraction of sp³-hybridized carbons (Fsp3) is 0.474. The maximum absolute atomic E-state index is 12.4. The SMILES string of the molecule is CCOc1ccc(/C=C/C(=O)N(CCCOC)CCC(=O)OC)cc1. The summed E-state index contributed by atoms with van der Waals surface area (Å²) in [5.41, 5.74) is 0.904. The molecule has 0 bridgehead atoms. The molecule has 138 valence electrons. The Bertz CT molecular complexity index is 553. The summed E-state index contributed by atoms with van der Waals surface area (Å²) in [6, 6.07) is 7.50. The lowest BCUT2D eigenvalue weighted by Crippen LogP contribution is -2.33. The van der Waals surface area contributed by atoms with Gasteiger partial charge in [-0.15, -0.1) is 0 Å². The molecule has 0 aromatic heterocycles. The minimum Gasteiger partial charge on any atom is -0.494 e. The summed E-state index contributed by atoms with van der Waals surface area (Å²) < 4.78 is 15.0. The monoisotopic (exact) mass is 349 g/mol. The smallest absolute Gasteiger partial charge is 0.307 e. The highest BCUT2D eigenvalue weighted by Gasteiger charge is 2.12. The maximum atomic E-state index is 12.4. The normalized spacial score (nSPS) is 10.7. The molecule has 0 aliphatic rings. The van der Waals surface area contributed by atoms with E-state index in [4.69, 9.17) is 9.47 Å². The number of benzene rings is 1. The molecule has 6 heteroatoms. The van der Waals surface area contributed by atoms with Crippen LogP contribution in [-0.4, -0.2) is 57.3 Å². The van der Waals surface area contributed by atoms with Gasteiger partial charge in [0.2, 0.25) is 5.91 Å². The second kappa shape index (κ2) is 12.1. The van der Waals surface area contributed by atoms with Gasteiger partial charge in [-0.05, 0) is 37.1 Å². The van der Waals surface area contributed by atoms with Crippen LogP contribution in [0.15, 0.2) is 30.3 Å². The van der Waals surface area contributed by atoms with E-state index in [1.807, 2.05) is 31.2 Å². The predicted octanol–water partition coefficient (Wildman–Crippen LogP) is 2.53. The van der Waals surface area contributed by atoms with E-state index in [9.17, 15) is 9.59 Å². The van der Waals surface area contributed by atoms with Crippen molar-refractivity contribution in [3.05, 3.63) is 35.9 Å². The number of esters is 1. The Morgan fingerprint density at radius 2 is 1.84 bits per heavy atom. The van der Waals surface area contributed by atoms with E-state index in [1.165, 1.54) is 13.2 Å². The number of hydrogen-bond donors (Lipinski definition) is 0. The fourth-order valence-corrected chi connectivity index (χ4v) is 2.17. The van der Waals surface area contributed by atoms with Gasteiger partial charge in [0.25, 0.3) is 0 Å². The first kappa shape index (κ1) is 20.7. The summed E-state index contributed by atoms with van der Waals surface area (Å²) in [6.45, 7) is 3.95. The Kier molecular flexibility index (Phi) is 10.0. The zero-order valence-corrected chi connectivity index (χ0v) is 15.2. The second-order valence-corrected chi connectivity index (χ2v) is 5.33. The van der Waals surface area contributed by atoms with Crippen LogP contribution in [0, 0.1) is 0 Å². The van der Waals surface area contributed by atoms with Crippen molar-refractivity contribution in [1.82, 2.24) is 4.90 Å². The quantitative estimate of drug-likeness (QED) is 0.349. The Balaban J connectivity index is 2.65. The van der Waals surface area contributed by atoms with Crippen molar-refractivity contribution >= 4 is 18.0 Å². The number of carbonyl (C=O) groups is 2. The minimum absolute atomic E-state index is 0.145. The highest BCUT2D eigenvalue weighted by atomic mass is 16.5. The molecule has 1 aromatic rings. The van der Waals surface area contributed by atoms with Crippen LogP contribution in [0.25, 0.3) is 6.08 Å². The van der Waals surface area contributed by atoms with Gasteiger partial charge in [0.1, 0.15) is 5.75 Å². The van der Waals surface area contributed by atoms with Gasteiger partial charge in [-0.3, -0.25) is 9.59 Å². The Hall–Kier alpha value is -2.34. The molecule has 25 heavy (non-hydrogen) atoms. The van der Waals surface area contributed by atoms with Crippen LogP contribution in [0.5, 0.6) is 5.75 Å². The van der Waals surface area contributed by atoms with E-state index < -0.39 is 0 Å². The summed E-state index contributed by atoms with van der Waals surface area (Å²) in [5.74, 6) is 0.319. The molecule has 0 aliphatic carbocycles. The third-order valence-electron chi connectivity index (χ3n) is 3.51. The topological polar surface area (TPSA) is 65.1 Å². The number of amides is 1. The van der Waals surface area contributed by atoms with E-state index in [1.54, 1.807) is 18.1 Å². The molecule has 0 aliphatic heterocycles. The van der Waals surface area contributed by atoms with Gasteiger partial charge in [0, 0.05) is 32.9 Å². The minimum atomic E-state index is -0.333. The molecule has 0 fully saturated rings. The third-order valence-corrected chi connectivity index (χ3v) is 3.51. The van der Waals surface area contributed by atoms with Gasteiger partial charge in [0.05, 0.1) is 20.1 Å². The highest BCUT2D eigenvalue weighted by molar-refractivity contribution is 5.92. The van der Waals surface area contributed by atoms with Gasteiger partial charge >= 0.3 is 5.97 Å². The Morgan fingerprint density at radius 1 is 1.12 bits per heavy atom. The molecule has 1 amide bonds. The Morgan fingerprint density at radius 3 is 2.44 bits per heavy atom. The predicted molar refractivity (Wildman–Crippen MR) is 96.4 cm³/mol. The maximum Gasteiger partial charge on any atom is 0.307 e. The van der Waals surface area contributed by atoms with Crippen molar-refractivity contribution in [2.24, 2.45) is 0 Å². The van der Waals surface area contributed by atoms with Crippen LogP contribution >= 0.6 is 0 Å². The first-order valence-electron chi connectivity index (χ1n) is 8.36. The molecule has 1 rings (SSSR count). The molecule has 6 nitrogen and oxygen atoms in total. The van der Waals surface area contributed by atoms with Crippen molar-refractivity contribution in [3.8, 4) is 5.75 Å². The molecule has 0 atom stereocenters. The third kappa shape index (κ3) is 8.35. The van der Waals surface area contributed by atoms with E-state index in [0.717, 1.165) is 11.3 Å². The summed E-state index contributed by atoms with van der Waals surface area (Å²) in [6.07, 6.45) is 4.14. The van der Waals surface area contributed by atoms with E-state index >= 15 is 0 Å².